The average Bonchev–Trinajstić information content (AvgIpc) is 3.07. The zero-order valence-electron chi connectivity index (χ0n) is 12.8. The lowest BCUT2D eigenvalue weighted by Crippen LogP contribution is -2.11. The van der Waals surface area contributed by atoms with E-state index in [0.717, 1.165) is 16.8 Å². The van der Waals surface area contributed by atoms with Crippen LogP contribution < -0.4 is 5.32 Å². The number of rotatable bonds is 3. The summed E-state index contributed by atoms with van der Waals surface area (Å²) in [6.45, 7) is 0. The summed E-state index contributed by atoms with van der Waals surface area (Å²) in [5.41, 5.74) is 4.00. The summed E-state index contributed by atoms with van der Waals surface area (Å²) in [7, 11) is 0. The molecule has 2 aromatic heterocycles. The normalized spacial score (nSPS) is 10.7. The molecule has 24 heavy (non-hydrogen) atoms. The minimum Gasteiger partial charge on any atom is -0.449 e. The van der Waals surface area contributed by atoms with Crippen molar-refractivity contribution in [3.63, 3.8) is 0 Å². The van der Waals surface area contributed by atoms with E-state index >= 15 is 0 Å². The minimum atomic E-state index is -0.295. The van der Waals surface area contributed by atoms with Crippen molar-refractivity contribution in [1.82, 2.24) is 4.98 Å². The van der Waals surface area contributed by atoms with Gasteiger partial charge in [0.15, 0.2) is 11.3 Å². The summed E-state index contributed by atoms with van der Waals surface area (Å²) in [5, 5.41) is 2.93. The third kappa shape index (κ3) is 2.65. The number of nitrogens with one attached hydrogen (secondary N) is 1. The molecule has 4 heteroatoms. The van der Waals surface area contributed by atoms with Gasteiger partial charge >= 0.3 is 0 Å². The van der Waals surface area contributed by atoms with Crippen LogP contribution in [0.5, 0.6) is 0 Å². The maximum absolute atomic E-state index is 12.5. The zero-order valence-corrected chi connectivity index (χ0v) is 12.8. The molecule has 0 unspecified atom stereocenters. The van der Waals surface area contributed by atoms with E-state index in [-0.39, 0.29) is 11.7 Å². The van der Waals surface area contributed by atoms with Gasteiger partial charge < -0.3 is 9.73 Å². The van der Waals surface area contributed by atoms with E-state index in [1.54, 1.807) is 24.4 Å². The first kappa shape index (κ1) is 14.2. The van der Waals surface area contributed by atoms with E-state index in [2.05, 4.69) is 10.3 Å². The van der Waals surface area contributed by atoms with Crippen LogP contribution in [0.15, 0.2) is 83.4 Å². The first-order valence-corrected chi connectivity index (χ1v) is 7.61. The monoisotopic (exact) mass is 314 g/mol. The molecule has 0 radical (unpaired) electrons. The van der Waals surface area contributed by atoms with Crippen LogP contribution in [-0.4, -0.2) is 10.9 Å². The number of fused-ring (bicyclic) bond motifs is 1. The number of benzene rings is 2. The van der Waals surface area contributed by atoms with Gasteiger partial charge in [0, 0.05) is 23.5 Å². The molecule has 4 aromatic rings. The molecule has 0 aliphatic heterocycles. The van der Waals surface area contributed by atoms with E-state index in [1.807, 2.05) is 54.6 Å². The number of hydrogen-bond acceptors (Lipinski definition) is 3. The summed E-state index contributed by atoms with van der Waals surface area (Å²) in [6.07, 6.45) is 1.67. The van der Waals surface area contributed by atoms with Crippen molar-refractivity contribution in [3.05, 3.63) is 84.8 Å². The molecule has 116 valence electrons. The van der Waals surface area contributed by atoms with E-state index in [0.29, 0.717) is 11.1 Å². The highest BCUT2D eigenvalue weighted by Crippen LogP contribution is 2.28. The van der Waals surface area contributed by atoms with Crippen LogP contribution in [-0.2, 0) is 0 Å². The van der Waals surface area contributed by atoms with Crippen LogP contribution in [0.1, 0.15) is 10.6 Å². The zero-order chi connectivity index (χ0) is 16.4. The number of pyridine rings is 1. The number of amides is 1. The van der Waals surface area contributed by atoms with Crippen molar-refractivity contribution in [2.45, 2.75) is 0 Å². The predicted octanol–water partition coefficient (Wildman–Crippen LogP) is 4.75. The van der Waals surface area contributed by atoms with Gasteiger partial charge in [0.2, 0.25) is 0 Å². The fourth-order valence-corrected chi connectivity index (χ4v) is 2.63. The van der Waals surface area contributed by atoms with Gasteiger partial charge in [-0.05, 0) is 23.8 Å². The smallest absolute Gasteiger partial charge is 0.291 e. The maximum atomic E-state index is 12.5. The Kier molecular flexibility index (Phi) is 3.56. The number of furan rings is 1. The van der Waals surface area contributed by atoms with Crippen molar-refractivity contribution in [1.29, 1.82) is 0 Å². The van der Waals surface area contributed by atoms with Gasteiger partial charge in [-0.15, -0.1) is 0 Å². The molecule has 0 spiro atoms. The van der Waals surface area contributed by atoms with Crippen LogP contribution in [0.4, 0.5) is 5.69 Å². The lowest BCUT2D eigenvalue weighted by molar-refractivity contribution is 0.0999. The Morgan fingerprint density at radius 2 is 1.71 bits per heavy atom. The van der Waals surface area contributed by atoms with Crippen molar-refractivity contribution >= 4 is 22.7 Å². The summed E-state index contributed by atoms with van der Waals surface area (Å²) in [6, 6.07) is 22.8. The maximum Gasteiger partial charge on any atom is 0.291 e. The lowest BCUT2D eigenvalue weighted by atomic mass is 10.0. The highest BCUT2D eigenvalue weighted by molar-refractivity contribution is 6.06. The quantitative estimate of drug-likeness (QED) is 0.594. The molecule has 1 N–H and O–H groups in total. The molecule has 0 atom stereocenters. The number of anilines is 1. The molecular weight excluding hydrogens is 300 g/mol. The van der Waals surface area contributed by atoms with Gasteiger partial charge in [-0.25, -0.2) is 0 Å². The number of carbonyl (C=O) groups excluding carboxylic acids is 1. The minimum absolute atomic E-state index is 0.242. The molecule has 0 fully saturated rings. The second-order valence-electron chi connectivity index (χ2n) is 5.36. The second-order valence-corrected chi connectivity index (χ2v) is 5.36. The van der Waals surface area contributed by atoms with Gasteiger partial charge in [0.05, 0.1) is 0 Å². The fraction of sp³-hybridized carbons (Fsp3) is 0. The Labute approximate surface area is 138 Å². The molecule has 4 nitrogen and oxygen atoms in total. The molecule has 0 bridgehead atoms. The molecule has 0 saturated carbocycles. The van der Waals surface area contributed by atoms with Crippen molar-refractivity contribution < 1.29 is 9.21 Å². The fourth-order valence-electron chi connectivity index (χ4n) is 2.63. The highest BCUT2D eigenvalue weighted by Gasteiger charge is 2.14. The van der Waals surface area contributed by atoms with E-state index in [4.69, 9.17) is 4.42 Å². The highest BCUT2D eigenvalue weighted by atomic mass is 16.3. The third-order valence-corrected chi connectivity index (χ3v) is 3.77. The summed E-state index contributed by atoms with van der Waals surface area (Å²) >= 11 is 0. The Bertz CT molecular complexity index is 973. The standard InChI is InChI=1S/C20H14N2O2/c23-20(19-13-17-18(24-19)11-6-12-21-17)22-16-10-5-4-9-15(16)14-7-2-1-3-8-14/h1-13H,(H,22,23). The first-order chi connectivity index (χ1) is 11.8. The lowest BCUT2D eigenvalue weighted by Gasteiger charge is -2.10. The van der Waals surface area contributed by atoms with Gasteiger partial charge in [0.25, 0.3) is 5.91 Å². The number of nitrogens with zero attached hydrogens (tertiary/aromatic N) is 1. The van der Waals surface area contributed by atoms with Crippen LogP contribution in [0.2, 0.25) is 0 Å². The van der Waals surface area contributed by atoms with E-state index in [1.165, 1.54) is 0 Å². The topological polar surface area (TPSA) is 55.1 Å². The van der Waals surface area contributed by atoms with Crippen molar-refractivity contribution in [2.24, 2.45) is 0 Å². The van der Waals surface area contributed by atoms with Gasteiger partial charge in [-0.2, -0.15) is 0 Å². The number of para-hydroxylation sites is 1. The molecular formula is C20H14N2O2. The Balaban J connectivity index is 1.67. The number of carbonyl (C=O) groups is 1. The Hall–Kier alpha value is -3.40. The van der Waals surface area contributed by atoms with E-state index in [9.17, 15) is 4.79 Å². The van der Waals surface area contributed by atoms with Crippen molar-refractivity contribution in [2.75, 3.05) is 5.32 Å². The van der Waals surface area contributed by atoms with Crippen LogP contribution in [0.25, 0.3) is 22.2 Å². The molecule has 0 saturated heterocycles. The Morgan fingerprint density at radius 1 is 0.917 bits per heavy atom. The second kappa shape index (κ2) is 6.01. The number of hydrogen-bond donors (Lipinski definition) is 1. The van der Waals surface area contributed by atoms with E-state index < -0.39 is 0 Å². The number of aromatic nitrogens is 1. The molecule has 0 aliphatic rings. The Morgan fingerprint density at radius 3 is 2.54 bits per heavy atom. The summed E-state index contributed by atoms with van der Waals surface area (Å²) < 4.78 is 5.57. The predicted molar refractivity (Wildman–Crippen MR) is 93.8 cm³/mol. The molecule has 2 aromatic carbocycles. The molecule has 2 heterocycles. The molecule has 1 amide bonds. The average molecular weight is 314 g/mol. The summed E-state index contributed by atoms with van der Waals surface area (Å²) in [4.78, 5) is 16.7. The summed E-state index contributed by atoms with van der Waals surface area (Å²) in [5.74, 6) is -0.0528. The first-order valence-electron chi connectivity index (χ1n) is 7.61. The largest absolute Gasteiger partial charge is 0.449 e. The van der Waals surface area contributed by atoms with Crippen LogP contribution in [0.3, 0.4) is 0 Å². The third-order valence-electron chi connectivity index (χ3n) is 3.77. The van der Waals surface area contributed by atoms with Gasteiger partial charge in [0.1, 0.15) is 5.52 Å². The van der Waals surface area contributed by atoms with Crippen LogP contribution >= 0.6 is 0 Å². The molecule has 0 aliphatic carbocycles. The van der Waals surface area contributed by atoms with Gasteiger partial charge in [-0.3, -0.25) is 9.78 Å². The SMILES string of the molecule is O=C(Nc1ccccc1-c1ccccc1)c1cc2ncccc2o1. The van der Waals surface area contributed by atoms with Crippen molar-refractivity contribution in [3.8, 4) is 11.1 Å². The van der Waals surface area contributed by atoms with Crippen LogP contribution in [0, 0.1) is 0 Å². The molecule has 4 rings (SSSR count). The van der Waals surface area contributed by atoms with Gasteiger partial charge in [-0.1, -0.05) is 48.5 Å².